The molecule has 2 N–H and O–H groups in total. The number of hydrogen-bond acceptors (Lipinski definition) is 3. The third-order valence-electron chi connectivity index (χ3n) is 1.99. The second kappa shape index (κ2) is 4.24. The smallest absolute Gasteiger partial charge is 0.325 e. The second-order valence-corrected chi connectivity index (χ2v) is 3.41. The van der Waals surface area contributed by atoms with Gasteiger partial charge in [0, 0.05) is 0 Å². The van der Waals surface area contributed by atoms with Crippen LogP contribution in [0.25, 0.3) is 0 Å². The number of carbonyl (C=O) groups excluding carboxylic acids is 1. The summed E-state index contributed by atoms with van der Waals surface area (Å²) in [6.07, 6.45) is 0. The maximum Gasteiger partial charge on any atom is 0.325 e. The van der Waals surface area contributed by atoms with Crippen LogP contribution in [-0.4, -0.2) is 12.5 Å². The van der Waals surface area contributed by atoms with Gasteiger partial charge in [0.15, 0.2) is 0 Å². The van der Waals surface area contributed by atoms with Crippen molar-refractivity contribution in [1.29, 1.82) is 0 Å². The Hall–Kier alpha value is -1.35. The maximum absolute atomic E-state index is 11.0. The lowest BCUT2D eigenvalue weighted by molar-refractivity contribution is -0.132. The molecule has 0 aliphatic heterocycles. The molecule has 0 atom stereocenters. The maximum atomic E-state index is 11.0. The number of rotatable bonds is 2. The first kappa shape index (κ1) is 10.7. The highest BCUT2D eigenvalue weighted by Gasteiger charge is 2.08. The van der Waals surface area contributed by atoms with Gasteiger partial charge in [-0.1, -0.05) is 17.7 Å². The summed E-state index contributed by atoms with van der Waals surface area (Å²) in [6.45, 7) is 5.75. The molecule has 0 spiro atoms. The number of nitrogens with two attached hydrogens (primary N) is 1. The molecule has 1 aromatic rings. The van der Waals surface area contributed by atoms with E-state index in [1.165, 1.54) is 0 Å². The molecule has 0 saturated carbocycles. The number of esters is 1. The molecule has 1 rings (SSSR count). The Bertz CT molecular complexity index is 335. The summed E-state index contributed by atoms with van der Waals surface area (Å²) in [5, 5.41) is 0. The number of hydrogen-bond donors (Lipinski definition) is 1. The number of carbonyl (C=O) groups is 1. The summed E-state index contributed by atoms with van der Waals surface area (Å²) < 4.78 is 5.12. The predicted molar refractivity (Wildman–Crippen MR) is 55.3 cm³/mol. The van der Waals surface area contributed by atoms with Gasteiger partial charge in [0.1, 0.15) is 5.75 Å². The van der Waals surface area contributed by atoms with Crippen molar-refractivity contribution in [2.75, 3.05) is 6.54 Å². The van der Waals surface area contributed by atoms with Gasteiger partial charge in [0.05, 0.1) is 6.54 Å². The average Bonchev–Trinajstić information content (AvgIpc) is 2.10. The molecule has 14 heavy (non-hydrogen) atoms. The number of benzene rings is 1. The predicted octanol–water partition coefficient (Wildman–Crippen LogP) is 1.48. The van der Waals surface area contributed by atoms with Gasteiger partial charge in [-0.05, 0) is 31.9 Å². The van der Waals surface area contributed by atoms with Crippen molar-refractivity contribution in [3.05, 3.63) is 28.8 Å². The van der Waals surface area contributed by atoms with Gasteiger partial charge in [-0.3, -0.25) is 4.79 Å². The van der Waals surface area contributed by atoms with Crippen molar-refractivity contribution in [1.82, 2.24) is 0 Å². The molecule has 0 radical (unpaired) electrons. The minimum Gasteiger partial charge on any atom is -0.425 e. The molecule has 0 bridgehead atoms. The van der Waals surface area contributed by atoms with Crippen LogP contribution < -0.4 is 10.5 Å². The van der Waals surface area contributed by atoms with Gasteiger partial charge in [-0.25, -0.2) is 0 Å². The molecule has 0 fully saturated rings. The van der Waals surface area contributed by atoms with Crippen LogP contribution in [0.2, 0.25) is 0 Å². The van der Waals surface area contributed by atoms with Crippen LogP contribution in [0.3, 0.4) is 0 Å². The second-order valence-electron chi connectivity index (χ2n) is 3.41. The third-order valence-corrected chi connectivity index (χ3v) is 1.99. The van der Waals surface area contributed by atoms with E-state index in [-0.39, 0.29) is 6.54 Å². The van der Waals surface area contributed by atoms with Crippen molar-refractivity contribution in [3.8, 4) is 5.75 Å². The first-order valence-electron chi connectivity index (χ1n) is 4.53. The Labute approximate surface area is 83.9 Å². The molecular formula is C11H15NO2. The first-order chi connectivity index (χ1) is 6.54. The summed E-state index contributed by atoms with van der Waals surface area (Å²) in [6, 6.07) is 3.96. The summed E-state index contributed by atoms with van der Waals surface area (Å²) >= 11 is 0. The Morgan fingerprint density at radius 3 is 2.21 bits per heavy atom. The van der Waals surface area contributed by atoms with E-state index in [1.54, 1.807) is 0 Å². The fourth-order valence-corrected chi connectivity index (χ4v) is 1.48. The number of aryl methyl sites for hydroxylation is 3. The van der Waals surface area contributed by atoms with E-state index >= 15 is 0 Å². The normalized spacial score (nSPS) is 10.0. The van der Waals surface area contributed by atoms with Crippen LogP contribution in [0.15, 0.2) is 12.1 Å². The highest BCUT2D eigenvalue weighted by atomic mass is 16.5. The SMILES string of the molecule is Cc1cc(C)c(OC(=O)CN)c(C)c1. The highest BCUT2D eigenvalue weighted by Crippen LogP contribution is 2.24. The van der Waals surface area contributed by atoms with Crippen molar-refractivity contribution >= 4 is 5.97 Å². The summed E-state index contributed by atoms with van der Waals surface area (Å²) in [5.74, 6) is 0.228. The van der Waals surface area contributed by atoms with Crippen molar-refractivity contribution in [3.63, 3.8) is 0 Å². The molecule has 0 heterocycles. The Morgan fingerprint density at radius 2 is 1.79 bits per heavy atom. The number of ether oxygens (including phenoxy) is 1. The van der Waals surface area contributed by atoms with E-state index in [0.29, 0.717) is 5.75 Å². The Kier molecular flexibility index (Phi) is 3.25. The van der Waals surface area contributed by atoms with Crippen molar-refractivity contribution in [2.45, 2.75) is 20.8 Å². The molecule has 3 nitrogen and oxygen atoms in total. The van der Waals surface area contributed by atoms with Crippen molar-refractivity contribution < 1.29 is 9.53 Å². The zero-order chi connectivity index (χ0) is 10.7. The molecule has 76 valence electrons. The summed E-state index contributed by atoms with van der Waals surface area (Å²) in [5.41, 5.74) is 8.26. The van der Waals surface area contributed by atoms with Gasteiger partial charge in [0.25, 0.3) is 0 Å². The average molecular weight is 193 g/mol. The Morgan fingerprint density at radius 1 is 1.29 bits per heavy atom. The minimum atomic E-state index is -0.403. The lowest BCUT2D eigenvalue weighted by Crippen LogP contribution is -2.20. The van der Waals surface area contributed by atoms with E-state index < -0.39 is 5.97 Å². The minimum absolute atomic E-state index is 0.0905. The zero-order valence-corrected chi connectivity index (χ0v) is 8.76. The monoisotopic (exact) mass is 193 g/mol. The van der Waals surface area contributed by atoms with Crippen LogP contribution in [0.5, 0.6) is 5.75 Å². The quantitative estimate of drug-likeness (QED) is 0.571. The van der Waals surface area contributed by atoms with Gasteiger partial charge in [-0.2, -0.15) is 0 Å². The van der Waals surface area contributed by atoms with Gasteiger partial charge >= 0.3 is 5.97 Å². The fourth-order valence-electron chi connectivity index (χ4n) is 1.48. The van der Waals surface area contributed by atoms with Crippen LogP contribution in [-0.2, 0) is 4.79 Å². The molecular weight excluding hydrogens is 178 g/mol. The third kappa shape index (κ3) is 2.33. The van der Waals surface area contributed by atoms with Crippen LogP contribution in [0, 0.1) is 20.8 Å². The van der Waals surface area contributed by atoms with E-state index in [2.05, 4.69) is 0 Å². The molecule has 0 aliphatic carbocycles. The van der Waals surface area contributed by atoms with Crippen LogP contribution in [0.1, 0.15) is 16.7 Å². The highest BCUT2D eigenvalue weighted by molar-refractivity contribution is 5.75. The van der Waals surface area contributed by atoms with E-state index in [0.717, 1.165) is 16.7 Å². The van der Waals surface area contributed by atoms with E-state index in [1.807, 2.05) is 32.9 Å². The molecule has 0 unspecified atom stereocenters. The fraction of sp³-hybridized carbons (Fsp3) is 0.364. The topological polar surface area (TPSA) is 52.3 Å². The molecule has 3 heteroatoms. The van der Waals surface area contributed by atoms with Gasteiger partial charge < -0.3 is 10.5 Å². The van der Waals surface area contributed by atoms with E-state index in [9.17, 15) is 4.79 Å². The molecule has 0 aromatic heterocycles. The van der Waals surface area contributed by atoms with E-state index in [4.69, 9.17) is 10.5 Å². The van der Waals surface area contributed by atoms with Crippen molar-refractivity contribution in [2.24, 2.45) is 5.73 Å². The van der Waals surface area contributed by atoms with Crippen LogP contribution >= 0.6 is 0 Å². The Balaban J connectivity index is 3.02. The molecule has 0 saturated heterocycles. The zero-order valence-electron chi connectivity index (χ0n) is 8.76. The van der Waals surface area contributed by atoms with Gasteiger partial charge in [-0.15, -0.1) is 0 Å². The van der Waals surface area contributed by atoms with Gasteiger partial charge in [0.2, 0.25) is 0 Å². The summed E-state index contributed by atoms with van der Waals surface area (Å²) in [7, 11) is 0. The standard InChI is InChI=1S/C11H15NO2/c1-7-4-8(2)11(9(3)5-7)14-10(13)6-12/h4-5H,6,12H2,1-3H3. The molecule has 1 aromatic carbocycles. The first-order valence-corrected chi connectivity index (χ1v) is 4.53. The lowest BCUT2D eigenvalue weighted by Gasteiger charge is -2.10. The largest absolute Gasteiger partial charge is 0.425 e. The van der Waals surface area contributed by atoms with Crippen LogP contribution in [0.4, 0.5) is 0 Å². The lowest BCUT2D eigenvalue weighted by atomic mass is 10.1. The molecule has 0 aliphatic rings. The summed E-state index contributed by atoms with van der Waals surface area (Å²) in [4.78, 5) is 11.0. The molecule has 0 amide bonds.